The third kappa shape index (κ3) is 6.42. The van der Waals surface area contributed by atoms with Gasteiger partial charge < -0.3 is 25.2 Å². The molecular weight excluding hydrogens is 392 g/mol. The highest BCUT2D eigenvalue weighted by atomic mass is 16.5. The van der Waals surface area contributed by atoms with Crippen LogP contribution in [0.25, 0.3) is 0 Å². The minimum absolute atomic E-state index is 0.00222. The van der Waals surface area contributed by atoms with Crippen LogP contribution in [0.1, 0.15) is 28.4 Å². The summed E-state index contributed by atoms with van der Waals surface area (Å²) in [7, 11) is 3.50. The molecule has 0 unspecified atom stereocenters. The SMILES string of the molecule is CCNC(=NCc1ccc(C(=O)N(C)C)cc1)NCc1cccnc1N1CCOCC1. The Bertz CT molecular complexity index is 876. The first-order valence-electron chi connectivity index (χ1n) is 10.7. The molecule has 1 aromatic carbocycles. The summed E-state index contributed by atoms with van der Waals surface area (Å²) in [6.45, 7) is 7.12. The zero-order valence-electron chi connectivity index (χ0n) is 18.6. The number of nitrogens with one attached hydrogen (secondary N) is 2. The van der Waals surface area contributed by atoms with Gasteiger partial charge in [0.2, 0.25) is 0 Å². The van der Waals surface area contributed by atoms with E-state index in [1.54, 1.807) is 19.0 Å². The first-order valence-corrected chi connectivity index (χ1v) is 10.7. The number of anilines is 1. The Kier molecular flexibility index (Phi) is 8.23. The highest BCUT2D eigenvalue weighted by molar-refractivity contribution is 5.93. The number of benzene rings is 1. The minimum atomic E-state index is -0.00222. The summed E-state index contributed by atoms with van der Waals surface area (Å²) in [4.78, 5) is 25.2. The van der Waals surface area contributed by atoms with Crippen LogP contribution in [0, 0.1) is 0 Å². The molecule has 2 heterocycles. The number of hydrogen-bond donors (Lipinski definition) is 2. The first kappa shape index (κ1) is 22.6. The highest BCUT2D eigenvalue weighted by Crippen LogP contribution is 2.18. The van der Waals surface area contributed by atoms with Gasteiger partial charge in [-0.25, -0.2) is 9.98 Å². The zero-order chi connectivity index (χ0) is 22.1. The van der Waals surface area contributed by atoms with Crippen LogP contribution in [0.4, 0.5) is 5.82 Å². The fourth-order valence-corrected chi connectivity index (χ4v) is 3.33. The Morgan fingerprint density at radius 1 is 1.16 bits per heavy atom. The molecule has 1 amide bonds. The number of morpholine rings is 1. The van der Waals surface area contributed by atoms with Crippen molar-refractivity contribution < 1.29 is 9.53 Å². The summed E-state index contributed by atoms with van der Waals surface area (Å²) in [5, 5.41) is 6.70. The van der Waals surface area contributed by atoms with Crippen LogP contribution < -0.4 is 15.5 Å². The van der Waals surface area contributed by atoms with Gasteiger partial charge in [0.05, 0.1) is 19.8 Å². The van der Waals surface area contributed by atoms with Crippen LogP contribution in [-0.2, 0) is 17.8 Å². The second-order valence-electron chi connectivity index (χ2n) is 7.53. The topological polar surface area (TPSA) is 82.1 Å². The van der Waals surface area contributed by atoms with Gasteiger partial charge in [-0.3, -0.25) is 4.79 Å². The average Bonchev–Trinajstić information content (AvgIpc) is 2.81. The molecule has 1 fully saturated rings. The highest BCUT2D eigenvalue weighted by Gasteiger charge is 2.16. The van der Waals surface area contributed by atoms with Gasteiger partial charge in [0.15, 0.2) is 5.96 Å². The monoisotopic (exact) mass is 424 g/mol. The number of aliphatic imine (C=N–C) groups is 1. The van der Waals surface area contributed by atoms with Gasteiger partial charge in [0, 0.05) is 57.6 Å². The van der Waals surface area contributed by atoms with Crippen molar-refractivity contribution in [3.63, 3.8) is 0 Å². The number of carbonyl (C=O) groups is 1. The molecule has 2 aromatic rings. The molecule has 166 valence electrons. The molecule has 2 N–H and O–H groups in total. The quantitative estimate of drug-likeness (QED) is 0.522. The summed E-state index contributed by atoms with van der Waals surface area (Å²) in [6, 6.07) is 11.6. The molecule has 0 spiro atoms. The number of carbonyl (C=O) groups excluding carboxylic acids is 1. The molecule has 0 radical (unpaired) electrons. The standard InChI is InChI=1S/C23H32N6O2/c1-4-24-23(26-16-18-7-9-19(10-8-18)22(30)28(2)3)27-17-20-6-5-11-25-21(20)29-12-14-31-15-13-29/h5-11H,4,12-17H2,1-3H3,(H2,24,26,27). The van der Waals surface area contributed by atoms with Gasteiger partial charge in [0.25, 0.3) is 5.91 Å². The molecule has 8 heteroatoms. The lowest BCUT2D eigenvalue weighted by molar-refractivity contribution is 0.0827. The molecule has 0 saturated carbocycles. The summed E-state index contributed by atoms with van der Waals surface area (Å²) in [5.41, 5.74) is 2.85. The van der Waals surface area contributed by atoms with E-state index in [-0.39, 0.29) is 5.91 Å². The molecule has 1 aliphatic heterocycles. The lowest BCUT2D eigenvalue weighted by Gasteiger charge is -2.29. The summed E-state index contributed by atoms with van der Waals surface area (Å²) in [5.74, 6) is 1.74. The van der Waals surface area contributed by atoms with E-state index in [0.717, 1.165) is 55.8 Å². The maximum atomic E-state index is 12.0. The lowest BCUT2D eigenvalue weighted by Crippen LogP contribution is -2.39. The molecule has 0 aliphatic carbocycles. The van der Waals surface area contributed by atoms with Crippen molar-refractivity contribution in [3.8, 4) is 0 Å². The van der Waals surface area contributed by atoms with Gasteiger partial charge in [-0.1, -0.05) is 18.2 Å². The van der Waals surface area contributed by atoms with Gasteiger partial charge in [-0.2, -0.15) is 0 Å². The van der Waals surface area contributed by atoms with E-state index >= 15 is 0 Å². The van der Waals surface area contributed by atoms with E-state index in [4.69, 9.17) is 9.73 Å². The van der Waals surface area contributed by atoms with E-state index in [0.29, 0.717) is 18.7 Å². The van der Waals surface area contributed by atoms with Crippen molar-refractivity contribution in [2.24, 2.45) is 4.99 Å². The Morgan fingerprint density at radius 3 is 2.58 bits per heavy atom. The van der Waals surface area contributed by atoms with Gasteiger partial charge in [0.1, 0.15) is 5.82 Å². The van der Waals surface area contributed by atoms with Crippen LogP contribution in [-0.4, -0.2) is 68.7 Å². The number of hydrogen-bond acceptors (Lipinski definition) is 5. The number of ether oxygens (including phenoxy) is 1. The van der Waals surface area contributed by atoms with E-state index in [9.17, 15) is 4.79 Å². The molecule has 0 bridgehead atoms. The fraction of sp³-hybridized carbons (Fsp3) is 0.435. The lowest BCUT2D eigenvalue weighted by atomic mass is 10.1. The van der Waals surface area contributed by atoms with E-state index in [1.807, 2.05) is 43.5 Å². The first-order chi connectivity index (χ1) is 15.1. The number of aromatic nitrogens is 1. The van der Waals surface area contributed by atoms with Crippen molar-refractivity contribution in [2.45, 2.75) is 20.0 Å². The maximum absolute atomic E-state index is 12.0. The third-order valence-corrected chi connectivity index (χ3v) is 5.00. The van der Waals surface area contributed by atoms with Gasteiger partial charge in [-0.15, -0.1) is 0 Å². The van der Waals surface area contributed by atoms with Crippen molar-refractivity contribution in [1.29, 1.82) is 0 Å². The predicted octanol–water partition coefficient (Wildman–Crippen LogP) is 1.88. The predicted molar refractivity (Wildman–Crippen MR) is 123 cm³/mol. The van der Waals surface area contributed by atoms with E-state index in [1.165, 1.54) is 0 Å². The van der Waals surface area contributed by atoms with Crippen LogP contribution in [0.15, 0.2) is 47.6 Å². The third-order valence-electron chi connectivity index (χ3n) is 5.00. The van der Waals surface area contributed by atoms with Crippen molar-refractivity contribution in [3.05, 3.63) is 59.3 Å². The number of amides is 1. The number of guanidine groups is 1. The van der Waals surface area contributed by atoms with Crippen LogP contribution >= 0.6 is 0 Å². The molecule has 8 nitrogen and oxygen atoms in total. The number of pyridine rings is 1. The Balaban J connectivity index is 1.64. The van der Waals surface area contributed by atoms with Gasteiger partial charge in [-0.05, 0) is 30.7 Å². The fourth-order valence-electron chi connectivity index (χ4n) is 3.33. The molecule has 1 saturated heterocycles. The summed E-state index contributed by atoms with van der Waals surface area (Å²) in [6.07, 6.45) is 1.83. The van der Waals surface area contributed by atoms with E-state index in [2.05, 4.69) is 26.6 Å². The summed E-state index contributed by atoms with van der Waals surface area (Å²) >= 11 is 0. The largest absolute Gasteiger partial charge is 0.378 e. The van der Waals surface area contributed by atoms with Crippen molar-refractivity contribution in [2.75, 3.05) is 51.8 Å². The molecule has 31 heavy (non-hydrogen) atoms. The number of nitrogens with zero attached hydrogens (tertiary/aromatic N) is 4. The Morgan fingerprint density at radius 2 is 1.90 bits per heavy atom. The Hall–Kier alpha value is -3.13. The second-order valence-corrected chi connectivity index (χ2v) is 7.53. The van der Waals surface area contributed by atoms with Crippen LogP contribution in [0.2, 0.25) is 0 Å². The molecule has 1 aliphatic rings. The van der Waals surface area contributed by atoms with Crippen LogP contribution in [0.5, 0.6) is 0 Å². The van der Waals surface area contributed by atoms with Crippen LogP contribution in [0.3, 0.4) is 0 Å². The number of rotatable bonds is 7. The average molecular weight is 425 g/mol. The Labute approximate surface area is 184 Å². The molecule has 0 atom stereocenters. The van der Waals surface area contributed by atoms with Gasteiger partial charge >= 0.3 is 0 Å². The molecule has 3 rings (SSSR count). The second kappa shape index (κ2) is 11.3. The van der Waals surface area contributed by atoms with Crippen molar-refractivity contribution >= 4 is 17.7 Å². The zero-order valence-corrected chi connectivity index (χ0v) is 18.6. The van der Waals surface area contributed by atoms with Crippen molar-refractivity contribution in [1.82, 2.24) is 20.5 Å². The molecular formula is C23H32N6O2. The smallest absolute Gasteiger partial charge is 0.253 e. The minimum Gasteiger partial charge on any atom is -0.378 e. The molecule has 1 aromatic heterocycles. The van der Waals surface area contributed by atoms with E-state index < -0.39 is 0 Å². The normalized spacial score (nSPS) is 14.3. The maximum Gasteiger partial charge on any atom is 0.253 e. The summed E-state index contributed by atoms with van der Waals surface area (Å²) < 4.78 is 5.46.